The van der Waals surface area contributed by atoms with Gasteiger partial charge in [-0.05, 0) is 50.7 Å². The molecule has 9 heteroatoms. The van der Waals surface area contributed by atoms with E-state index in [1.54, 1.807) is 9.80 Å². The maximum atomic E-state index is 13.0. The third kappa shape index (κ3) is 5.86. The topological polar surface area (TPSA) is 109 Å². The van der Waals surface area contributed by atoms with Crippen molar-refractivity contribution in [2.75, 3.05) is 44.6 Å². The van der Waals surface area contributed by atoms with E-state index in [1.165, 1.54) is 0 Å². The Hall–Kier alpha value is -3.12. The van der Waals surface area contributed by atoms with Gasteiger partial charge in [0.25, 0.3) is 0 Å². The van der Waals surface area contributed by atoms with Crippen molar-refractivity contribution in [2.45, 2.75) is 50.6 Å². The first-order chi connectivity index (χ1) is 16.5. The normalized spacial score (nSPS) is 25.0. The molecule has 182 valence electrons. The molecule has 1 aromatic carbocycles. The number of urea groups is 1. The van der Waals surface area contributed by atoms with Crippen molar-refractivity contribution in [1.82, 2.24) is 20.0 Å². The fourth-order valence-corrected chi connectivity index (χ4v) is 5.19. The molecule has 2 N–H and O–H groups in total. The number of nitrogens with one attached hydrogen (secondary N) is 2. The number of para-hydroxylation sites is 1. The van der Waals surface area contributed by atoms with Gasteiger partial charge in [-0.25, -0.2) is 4.79 Å². The number of anilines is 1. The van der Waals surface area contributed by atoms with E-state index < -0.39 is 0 Å². The average Bonchev–Trinajstić information content (AvgIpc) is 3.37. The van der Waals surface area contributed by atoms with Gasteiger partial charge in [0.1, 0.15) is 6.04 Å². The molecule has 4 rings (SSSR count). The zero-order valence-corrected chi connectivity index (χ0v) is 19.6. The minimum absolute atomic E-state index is 0.00331. The second kappa shape index (κ2) is 11.3. The molecule has 3 fully saturated rings. The lowest BCUT2D eigenvalue weighted by molar-refractivity contribution is -0.138. The van der Waals surface area contributed by atoms with Crippen molar-refractivity contribution in [1.29, 1.82) is 5.26 Å². The van der Waals surface area contributed by atoms with E-state index in [0.29, 0.717) is 32.7 Å². The number of amides is 4. The molecule has 1 aromatic rings. The van der Waals surface area contributed by atoms with Crippen LogP contribution in [0.2, 0.25) is 0 Å². The lowest BCUT2D eigenvalue weighted by Gasteiger charge is -2.38. The monoisotopic (exact) mass is 466 g/mol. The Labute approximate surface area is 201 Å². The van der Waals surface area contributed by atoms with E-state index in [2.05, 4.69) is 16.7 Å². The zero-order chi connectivity index (χ0) is 23.9. The number of hydrogen-bond acceptors (Lipinski definition) is 5. The molecule has 9 nitrogen and oxygen atoms in total. The van der Waals surface area contributed by atoms with Crippen molar-refractivity contribution in [3.05, 3.63) is 30.3 Å². The van der Waals surface area contributed by atoms with Crippen LogP contribution in [0.3, 0.4) is 0 Å². The Morgan fingerprint density at radius 1 is 0.912 bits per heavy atom. The maximum Gasteiger partial charge on any atom is 0.321 e. The number of carbonyl (C=O) groups excluding carboxylic acids is 3. The molecular weight excluding hydrogens is 432 g/mol. The first kappa shape index (κ1) is 24.0. The molecule has 1 atom stereocenters. The zero-order valence-electron chi connectivity index (χ0n) is 19.6. The highest BCUT2D eigenvalue weighted by Crippen LogP contribution is 2.27. The number of nitriles is 1. The summed E-state index contributed by atoms with van der Waals surface area (Å²) in [5.41, 5.74) is 0.767. The highest BCUT2D eigenvalue weighted by Gasteiger charge is 2.33. The quantitative estimate of drug-likeness (QED) is 0.690. The molecule has 0 unspecified atom stereocenters. The molecule has 1 aliphatic carbocycles. The Kier molecular flexibility index (Phi) is 8.01. The molecule has 2 aliphatic heterocycles. The summed E-state index contributed by atoms with van der Waals surface area (Å²) in [5.74, 6) is 0.197. The summed E-state index contributed by atoms with van der Waals surface area (Å²) in [6, 6.07) is 11.4. The number of piperazine rings is 1. The number of rotatable bonds is 5. The van der Waals surface area contributed by atoms with Crippen LogP contribution in [0, 0.1) is 17.2 Å². The number of carbonyl (C=O) groups is 3. The van der Waals surface area contributed by atoms with Crippen molar-refractivity contribution in [2.24, 2.45) is 5.92 Å². The molecule has 0 aromatic heterocycles. The Morgan fingerprint density at radius 2 is 1.59 bits per heavy atom. The predicted octanol–water partition coefficient (Wildman–Crippen LogP) is 2.03. The first-order valence-corrected chi connectivity index (χ1v) is 12.4. The number of benzene rings is 1. The summed E-state index contributed by atoms with van der Waals surface area (Å²) in [6.45, 7) is 3.11. The number of hydrogen-bond donors (Lipinski definition) is 2. The maximum absolute atomic E-state index is 13.0. The number of likely N-dealkylation sites (tertiary alicyclic amines) is 1. The van der Waals surface area contributed by atoms with Crippen molar-refractivity contribution < 1.29 is 14.4 Å². The Morgan fingerprint density at radius 3 is 2.26 bits per heavy atom. The van der Waals surface area contributed by atoms with Gasteiger partial charge in [0.2, 0.25) is 11.8 Å². The molecule has 2 saturated heterocycles. The minimum atomic E-state index is -0.285. The molecule has 2 heterocycles. The fraction of sp³-hybridized carbons (Fsp3) is 0.600. The van der Waals surface area contributed by atoms with Gasteiger partial charge in [0.15, 0.2) is 0 Å². The van der Waals surface area contributed by atoms with E-state index in [0.717, 1.165) is 44.2 Å². The molecule has 3 aliphatic rings. The van der Waals surface area contributed by atoms with Gasteiger partial charge in [-0.1, -0.05) is 18.2 Å². The van der Waals surface area contributed by atoms with Crippen molar-refractivity contribution >= 4 is 23.5 Å². The van der Waals surface area contributed by atoms with Gasteiger partial charge in [-0.3, -0.25) is 9.59 Å². The SMILES string of the molecule is N#C[C@@H]1CCCN1C(=O)CN[C@H]1CC[C@H](C(=O)N2CCN(C(=O)Nc3ccccc3)CC2)CC1. The molecule has 4 amide bonds. The van der Waals surface area contributed by atoms with Crippen LogP contribution in [0.5, 0.6) is 0 Å². The summed E-state index contributed by atoms with van der Waals surface area (Å²) < 4.78 is 0. The Bertz CT molecular complexity index is 901. The van der Waals surface area contributed by atoms with Crippen LogP contribution < -0.4 is 10.6 Å². The van der Waals surface area contributed by atoms with Crippen molar-refractivity contribution in [3.8, 4) is 6.07 Å². The lowest BCUT2D eigenvalue weighted by Crippen LogP contribution is -2.53. The predicted molar refractivity (Wildman–Crippen MR) is 128 cm³/mol. The lowest BCUT2D eigenvalue weighted by atomic mass is 9.85. The van der Waals surface area contributed by atoms with Crippen LogP contribution >= 0.6 is 0 Å². The molecule has 0 spiro atoms. The van der Waals surface area contributed by atoms with Gasteiger partial charge >= 0.3 is 6.03 Å². The third-order valence-electron chi connectivity index (χ3n) is 7.24. The van der Waals surface area contributed by atoms with Gasteiger partial charge in [-0.15, -0.1) is 0 Å². The first-order valence-electron chi connectivity index (χ1n) is 12.4. The molecule has 34 heavy (non-hydrogen) atoms. The summed E-state index contributed by atoms with van der Waals surface area (Å²) in [6.07, 6.45) is 5.01. The minimum Gasteiger partial charge on any atom is -0.339 e. The Balaban J connectivity index is 1.15. The van der Waals surface area contributed by atoms with Crippen LogP contribution in [0.25, 0.3) is 0 Å². The van der Waals surface area contributed by atoms with E-state index in [-0.39, 0.29) is 42.4 Å². The van der Waals surface area contributed by atoms with Crippen LogP contribution in [-0.2, 0) is 9.59 Å². The van der Waals surface area contributed by atoms with Crippen LogP contribution in [0.15, 0.2) is 30.3 Å². The second-order valence-electron chi connectivity index (χ2n) is 9.41. The molecular formula is C25H34N6O3. The standard InChI is InChI=1S/C25H34N6O3/c26-17-22-7-4-12-31(22)23(32)18-27-20-10-8-19(9-11-20)24(33)29-13-15-30(16-14-29)25(34)28-21-5-2-1-3-6-21/h1-3,5-6,19-20,22,27H,4,7-16,18H2,(H,28,34)/t19-,20-,22-/m0/s1. The smallest absolute Gasteiger partial charge is 0.321 e. The second-order valence-corrected chi connectivity index (χ2v) is 9.41. The van der Waals surface area contributed by atoms with Gasteiger partial charge in [0, 0.05) is 50.4 Å². The summed E-state index contributed by atoms with van der Waals surface area (Å²) in [4.78, 5) is 43.3. The fourth-order valence-electron chi connectivity index (χ4n) is 5.19. The van der Waals surface area contributed by atoms with Gasteiger partial charge in [-0.2, -0.15) is 5.26 Å². The van der Waals surface area contributed by atoms with E-state index >= 15 is 0 Å². The molecule has 0 radical (unpaired) electrons. The highest BCUT2D eigenvalue weighted by atomic mass is 16.2. The largest absolute Gasteiger partial charge is 0.339 e. The highest BCUT2D eigenvalue weighted by molar-refractivity contribution is 5.89. The average molecular weight is 467 g/mol. The molecule has 0 bridgehead atoms. The summed E-state index contributed by atoms with van der Waals surface area (Å²) in [5, 5.41) is 15.4. The van der Waals surface area contributed by atoms with Gasteiger partial charge in [0.05, 0.1) is 12.6 Å². The summed E-state index contributed by atoms with van der Waals surface area (Å²) >= 11 is 0. The van der Waals surface area contributed by atoms with E-state index in [9.17, 15) is 14.4 Å². The van der Waals surface area contributed by atoms with Gasteiger partial charge < -0.3 is 25.3 Å². The van der Waals surface area contributed by atoms with E-state index in [1.807, 2.05) is 35.2 Å². The number of nitrogens with zero attached hydrogens (tertiary/aromatic N) is 4. The van der Waals surface area contributed by atoms with Crippen molar-refractivity contribution in [3.63, 3.8) is 0 Å². The summed E-state index contributed by atoms with van der Waals surface area (Å²) in [7, 11) is 0. The van der Waals surface area contributed by atoms with Crippen LogP contribution in [0.1, 0.15) is 38.5 Å². The van der Waals surface area contributed by atoms with Crippen LogP contribution in [-0.4, -0.2) is 83.9 Å². The van der Waals surface area contributed by atoms with Crippen LogP contribution in [0.4, 0.5) is 10.5 Å². The third-order valence-corrected chi connectivity index (χ3v) is 7.24. The molecule has 1 saturated carbocycles. The van der Waals surface area contributed by atoms with E-state index in [4.69, 9.17) is 5.26 Å².